The van der Waals surface area contributed by atoms with Gasteiger partial charge < -0.3 is 9.98 Å². The van der Waals surface area contributed by atoms with Gasteiger partial charge in [-0.25, -0.2) is 0 Å². The molecule has 1 heterocycles. The molecule has 4 rings (SSSR count). The van der Waals surface area contributed by atoms with Crippen LogP contribution in [-0.4, -0.2) is 10.3 Å². The minimum absolute atomic E-state index is 0.533. The summed E-state index contributed by atoms with van der Waals surface area (Å²) in [5.41, 5.74) is 7.83. The van der Waals surface area contributed by atoms with E-state index in [0.29, 0.717) is 5.71 Å². The zero-order valence-corrected chi connectivity index (χ0v) is 14.5. The van der Waals surface area contributed by atoms with Crippen LogP contribution in [-0.2, 0) is 7.05 Å². The molecule has 1 aliphatic rings. The molecule has 25 heavy (non-hydrogen) atoms. The number of rotatable bonds is 2. The van der Waals surface area contributed by atoms with Crippen LogP contribution in [0.25, 0.3) is 16.5 Å². The fourth-order valence-corrected chi connectivity index (χ4v) is 3.53. The molecule has 2 aromatic carbocycles. The van der Waals surface area contributed by atoms with Gasteiger partial charge in [-0.1, -0.05) is 60.7 Å². The monoisotopic (exact) mass is 324 g/mol. The van der Waals surface area contributed by atoms with E-state index in [0.717, 1.165) is 5.57 Å². The summed E-state index contributed by atoms with van der Waals surface area (Å²) in [6.45, 7) is 2.18. The molecule has 122 valence electrons. The van der Waals surface area contributed by atoms with Crippen LogP contribution in [0.2, 0.25) is 0 Å². The third kappa shape index (κ3) is 2.56. The molecule has 0 atom stereocenters. The van der Waals surface area contributed by atoms with Crippen molar-refractivity contribution in [3.63, 3.8) is 0 Å². The summed E-state index contributed by atoms with van der Waals surface area (Å²) in [7, 11) is 2.12. The van der Waals surface area contributed by atoms with Gasteiger partial charge in [-0.15, -0.1) is 0 Å². The van der Waals surface area contributed by atoms with Crippen molar-refractivity contribution >= 4 is 22.2 Å². The van der Waals surface area contributed by atoms with E-state index < -0.39 is 0 Å². The second kappa shape index (κ2) is 6.06. The summed E-state index contributed by atoms with van der Waals surface area (Å²) >= 11 is 0. The van der Waals surface area contributed by atoms with Crippen molar-refractivity contribution in [3.05, 3.63) is 101 Å². The lowest BCUT2D eigenvalue weighted by Gasteiger charge is -2.14. The van der Waals surface area contributed by atoms with Crippen molar-refractivity contribution in [2.45, 2.75) is 6.92 Å². The number of benzene rings is 2. The molecule has 0 fully saturated rings. The van der Waals surface area contributed by atoms with Crippen LogP contribution in [0, 0.1) is 12.3 Å². The third-order valence-corrected chi connectivity index (χ3v) is 4.89. The van der Waals surface area contributed by atoms with Crippen LogP contribution in [0.3, 0.4) is 0 Å². The minimum atomic E-state index is 0.533. The number of nitrogens with zero attached hydrogens (tertiary/aromatic N) is 1. The van der Waals surface area contributed by atoms with Gasteiger partial charge in [-0.3, -0.25) is 0 Å². The summed E-state index contributed by atoms with van der Waals surface area (Å²) in [4.78, 5) is 0. The van der Waals surface area contributed by atoms with Gasteiger partial charge in [-0.2, -0.15) is 0 Å². The Bertz CT molecular complexity index is 1040. The summed E-state index contributed by atoms with van der Waals surface area (Å²) in [5, 5.41) is 9.07. The normalized spacial score (nSPS) is 13.7. The molecule has 0 unspecified atom stereocenters. The summed E-state index contributed by atoms with van der Waals surface area (Å²) in [6, 6.07) is 19.1. The van der Waals surface area contributed by atoms with Crippen LogP contribution in [0.1, 0.15) is 16.8 Å². The van der Waals surface area contributed by atoms with Crippen molar-refractivity contribution in [1.29, 1.82) is 5.41 Å². The summed E-state index contributed by atoms with van der Waals surface area (Å²) in [6.07, 6.45) is 7.81. The van der Waals surface area contributed by atoms with Gasteiger partial charge in [0.1, 0.15) is 0 Å². The van der Waals surface area contributed by atoms with Gasteiger partial charge in [0.15, 0.2) is 0 Å². The topological polar surface area (TPSA) is 28.8 Å². The molecule has 0 saturated heterocycles. The molecule has 0 bridgehead atoms. The molecule has 1 aliphatic carbocycles. The van der Waals surface area contributed by atoms with Crippen LogP contribution in [0.4, 0.5) is 0 Å². The van der Waals surface area contributed by atoms with E-state index in [2.05, 4.69) is 67.1 Å². The standard InChI is InChI=1S/C23H20N2/c1-16-22(20-10-6-7-11-21(20)25(16)2)23(17-8-4-3-5-9-17)18-12-14-19(24)15-13-18/h3-15,24H,1-2H3. The molecule has 1 aromatic heterocycles. The van der Waals surface area contributed by atoms with Gasteiger partial charge in [0.2, 0.25) is 0 Å². The van der Waals surface area contributed by atoms with E-state index >= 15 is 0 Å². The lowest BCUT2D eigenvalue weighted by molar-refractivity contribution is 0.915. The smallest absolute Gasteiger partial charge is 0.0540 e. The summed E-state index contributed by atoms with van der Waals surface area (Å²) in [5.74, 6) is 0. The van der Waals surface area contributed by atoms with Crippen LogP contribution in [0.15, 0.2) is 84.5 Å². The Morgan fingerprint density at radius 1 is 0.840 bits per heavy atom. The SMILES string of the molecule is Cc1c(C(=C2C=CC(=N)C=C2)c2ccccc2)c2ccccc2n1C. The Hall–Kier alpha value is -3.13. The maximum Gasteiger partial charge on any atom is 0.0540 e. The molecule has 2 heteroatoms. The predicted octanol–water partition coefficient (Wildman–Crippen LogP) is 5.43. The number of para-hydroxylation sites is 1. The number of aromatic nitrogens is 1. The molecular formula is C23H20N2. The first-order chi connectivity index (χ1) is 12.2. The highest BCUT2D eigenvalue weighted by Crippen LogP contribution is 2.37. The Balaban J connectivity index is 2.09. The largest absolute Gasteiger partial charge is 0.347 e. The average Bonchev–Trinajstić information content (AvgIpc) is 2.90. The van der Waals surface area contributed by atoms with Gasteiger partial charge in [0.25, 0.3) is 0 Å². The molecule has 0 spiro atoms. The van der Waals surface area contributed by atoms with Crippen molar-refractivity contribution in [3.8, 4) is 0 Å². The van der Waals surface area contributed by atoms with E-state index in [1.54, 1.807) is 0 Å². The number of nitrogens with one attached hydrogen (secondary N) is 1. The van der Waals surface area contributed by atoms with Crippen molar-refractivity contribution in [1.82, 2.24) is 4.57 Å². The number of hydrogen-bond acceptors (Lipinski definition) is 1. The van der Waals surface area contributed by atoms with Crippen LogP contribution < -0.4 is 0 Å². The highest BCUT2D eigenvalue weighted by Gasteiger charge is 2.19. The first kappa shape index (κ1) is 15.4. The van der Waals surface area contributed by atoms with E-state index in [9.17, 15) is 0 Å². The predicted molar refractivity (Wildman–Crippen MR) is 106 cm³/mol. The lowest BCUT2D eigenvalue weighted by Crippen LogP contribution is -1.99. The van der Waals surface area contributed by atoms with Gasteiger partial charge >= 0.3 is 0 Å². The van der Waals surface area contributed by atoms with E-state index in [-0.39, 0.29) is 0 Å². The minimum Gasteiger partial charge on any atom is -0.347 e. The van der Waals surface area contributed by atoms with Gasteiger partial charge in [0, 0.05) is 29.2 Å². The fourth-order valence-electron chi connectivity index (χ4n) is 3.53. The number of aryl methyl sites for hydroxylation is 1. The zero-order chi connectivity index (χ0) is 17.4. The lowest BCUT2D eigenvalue weighted by atomic mass is 9.89. The second-order valence-electron chi connectivity index (χ2n) is 6.35. The van der Waals surface area contributed by atoms with Gasteiger partial charge in [-0.05, 0) is 41.9 Å². The molecular weight excluding hydrogens is 304 g/mol. The Labute approximate surface area is 147 Å². The van der Waals surface area contributed by atoms with E-state index in [4.69, 9.17) is 5.41 Å². The van der Waals surface area contributed by atoms with Gasteiger partial charge in [0.05, 0.1) is 5.71 Å². The quantitative estimate of drug-likeness (QED) is 0.651. The third-order valence-electron chi connectivity index (χ3n) is 4.89. The van der Waals surface area contributed by atoms with Crippen LogP contribution in [0.5, 0.6) is 0 Å². The first-order valence-electron chi connectivity index (χ1n) is 8.45. The molecule has 1 N–H and O–H groups in total. The molecule has 2 nitrogen and oxygen atoms in total. The highest BCUT2D eigenvalue weighted by molar-refractivity contribution is 6.06. The zero-order valence-electron chi connectivity index (χ0n) is 14.5. The number of hydrogen-bond donors (Lipinski definition) is 1. The maximum atomic E-state index is 7.81. The van der Waals surface area contributed by atoms with Crippen molar-refractivity contribution in [2.75, 3.05) is 0 Å². The first-order valence-corrected chi connectivity index (χ1v) is 8.45. The average molecular weight is 324 g/mol. The highest BCUT2D eigenvalue weighted by atomic mass is 14.9. The fraction of sp³-hybridized carbons (Fsp3) is 0.0870. The summed E-state index contributed by atoms with van der Waals surface area (Å²) < 4.78 is 2.26. The molecule has 0 saturated carbocycles. The molecule has 3 aromatic rings. The Morgan fingerprint density at radius 2 is 1.48 bits per heavy atom. The Kier molecular flexibility index (Phi) is 3.73. The Morgan fingerprint density at radius 3 is 2.20 bits per heavy atom. The number of allylic oxidation sites excluding steroid dienone is 5. The van der Waals surface area contributed by atoms with Crippen molar-refractivity contribution < 1.29 is 0 Å². The number of fused-ring (bicyclic) bond motifs is 1. The second-order valence-corrected chi connectivity index (χ2v) is 6.35. The maximum absolute atomic E-state index is 7.81. The molecule has 0 amide bonds. The van der Waals surface area contributed by atoms with Crippen molar-refractivity contribution in [2.24, 2.45) is 7.05 Å². The van der Waals surface area contributed by atoms with Crippen LogP contribution >= 0.6 is 0 Å². The molecule has 0 aliphatic heterocycles. The van der Waals surface area contributed by atoms with E-state index in [1.807, 2.05) is 30.4 Å². The van der Waals surface area contributed by atoms with E-state index in [1.165, 1.54) is 33.3 Å². The molecule has 0 radical (unpaired) electrons.